The van der Waals surface area contributed by atoms with E-state index in [1.165, 1.54) is 6.07 Å². The van der Waals surface area contributed by atoms with E-state index in [0.717, 1.165) is 28.7 Å². The minimum atomic E-state index is -5.42. The van der Waals surface area contributed by atoms with Crippen LogP contribution < -0.4 is 0 Å². The van der Waals surface area contributed by atoms with E-state index in [2.05, 4.69) is 4.98 Å². The highest BCUT2D eigenvalue weighted by atomic mass is 19.4. The lowest BCUT2D eigenvalue weighted by Gasteiger charge is -2.23. The number of aryl methyl sites for hydroxylation is 1. The summed E-state index contributed by atoms with van der Waals surface area (Å²) in [6, 6.07) is 16.1. The normalized spacial score (nSPS) is 12.9. The average Bonchev–Trinajstić information content (AvgIpc) is 2.94. The van der Waals surface area contributed by atoms with Crippen LogP contribution in [0.5, 0.6) is 0 Å². The smallest absolute Gasteiger partial charge is 0.339 e. The number of aromatic nitrogens is 2. The largest absolute Gasteiger partial charge is 0.404 e. The summed E-state index contributed by atoms with van der Waals surface area (Å²) in [5.74, 6) is -3.51. The predicted molar refractivity (Wildman–Crippen MR) is 102 cm³/mol. The molecule has 0 unspecified atom stereocenters. The van der Waals surface area contributed by atoms with E-state index in [4.69, 9.17) is 0 Å². The number of para-hydroxylation sites is 1. The lowest BCUT2D eigenvalue weighted by atomic mass is 9.96. The van der Waals surface area contributed by atoms with Crippen molar-refractivity contribution in [2.45, 2.75) is 31.7 Å². The van der Waals surface area contributed by atoms with E-state index in [0.29, 0.717) is 23.1 Å². The van der Waals surface area contributed by atoms with Gasteiger partial charge in [0.05, 0.1) is 17.8 Å². The summed E-state index contributed by atoms with van der Waals surface area (Å²) in [7, 11) is 0. The first kappa shape index (κ1) is 20.3. The van der Waals surface area contributed by atoms with Gasteiger partial charge in [-0.05, 0) is 42.8 Å². The molecule has 2 heterocycles. The second-order valence-corrected chi connectivity index (χ2v) is 7.20. The van der Waals surface area contributed by atoms with Gasteiger partial charge < -0.3 is 4.57 Å². The topological polar surface area (TPSA) is 17.8 Å². The van der Waals surface area contributed by atoms with Gasteiger partial charge in [0.25, 0.3) is 0 Å². The number of pyridine rings is 1. The average molecular weight is 422 g/mol. The summed E-state index contributed by atoms with van der Waals surface area (Å²) in [6.45, 7) is 2.10. The van der Waals surface area contributed by atoms with Gasteiger partial charge >= 0.3 is 12.4 Å². The lowest BCUT2D eigenvalue weighted by molar-refractivity contribution is -0.253. The molecule has 0 amide bonds. The molecule has 0 aliphatic heterocycles. The molecule has 0 fully saturated rings. The first-order valence-corrected chi connectivity index (χ1v) is 9.12. The first-order valence-electron chi connectivity index (χ1n) is 9.12. The molecule has 8 heteroatoms. The zero-order valence-corrected chi connectivity index (χ0v) is 15.7. The van der Waals surface area contributed by atoms with Gasteiger partial charge in [0.1, 0.15) is 0 Å². The third-order valence-electron chi connectivity index (χ3n) is 5.10. The monoisotopic (exact) mass is 422 g/mol. The van der Waals surface area contributed by atoms with Crippen molar-refractivity contribution in [3.8, 4) is 0 Å². The van der Waals surface area contributed by atoms with Crippen LogP contribution in [0.2, 0.25) is 0 Å². The molecule has 4 rings (SSSR count). The molecule has 0 radical (unpaired) electrons. The van der Waals surface area contributed by atoms with Crippen LogP contribution in [0.25, 0.3) is 21.8 Å². The van der Waals surface area contributed by atoms with Gasteiger partial charge in [-0.3, -0.25) is 4.98 Å². The fourth-order valence-corrected chi connectivity index (χ4v) is 3.74. The van der Waals surface area contributed by atoms with Crippen LogP contribution >= 0.6 is 0 Å². The van der Waals surface area contributed by atoms with E-state index >= 15 is 0 Å². The Morgan fingerprint density at radius 2 is 1.53 bits per heavy atom. The maximum Gasteiger partial charge on any atom is 0.404 e. The number of halogens is 6. The maximum absolute atomic E-state index is 13.1. The number of rotatable bonds is 3. The highest BCUT2D eigenvalue weighted by Crippen LogP contribution is 2.46. The molecule has 0 saturated carbocycles. The van der Waals surface area contributed by atoms with E-state index in [1.54, 1.807) is 13.0 Å². The molecular weight excluding hydrogens is 406 g/mol. The number of alkyl halides is 6. The molecule has 30 heavy (non-hydrogen) atoms. The van der Waals surface area contributed by atoms with Crippen LogP contribution in [-0.4, -0.2) is 21.9 Å². The number of hydrogen-bond donors (Lipinski definition) is 0. The van der Waals surface area contributed by atoms with Crippen molar-refractivity contribution in [1.82, 2.24) is 9.55 Å². The molecule has 0 aliphatic carbocycles. The zero-order valence-electron chi connectivity index (χ0n) is 15.7. The highest BCUT2D eigenvalue weighted by Gasteiger charge is 2.57. The first-order chi connectivity index (χ1) is 14.0. The number of benzene rings is 2. The molecule has 0 aliphatic rings. The molecule has 4 aromatic rings. The number of hydrogen-bond acceptors (Lipinski definition) is 1. The van der Waals surface area contributed by atoms with E-state index in [1.807, 2.05) is 41.0 Å². The number of nitrogens with zero attached hydrogens (tertiary/aromatic N) is 2. The van der Waals surface area contributed by atoms with Crippen molar-refractivity contribution < 1.29 is 26.3 Å². The van der Waals surface area contributed by atoms with Gasteiger partial charge in [0, 0.05) is 22.0 Å². The Hall–Kier alpha value is -3.03. The fourth-order valence-electron chi connectivity index (χ4n) is 3.74. The molecule has 2 nitrogen and oxygen atoms in total. The quantitative estimate of drug-likeness (QED) is 0.334. The van der Waals surface area contributed by atoms with Crippen LogP contribution in [0, 0.1) is 6.92 Å². The molecule has 0 N–H and O–H groups in total. The third-order valence-corrected chi connectivity index (χ3v) is 5.10. The predicted octanol–water partition coefficient (Wildman–Crippen LogP) is 6.75. The van der Waals surface area contributed by atoms with Crippen molar-refractivity contribution in [3.05, 3.63) is 77.6 Å². The minimum absolute atomic E-state index is 0.323. The van der Waals surface area contributed by atoms with E-state index < -0.39 is 23.8 Å². The highest BCUT2D eigenvalue weighted by molar-refractivity contribution is 5.82. The van der Waals surface area contributed by atoms with Crippen LogP contribution in [0.15, 0.2) is 60.7 Å². The van der Waals surface area contributed by atoms with Crippen LogP contribution in [0.3, 0.4) is 0 Å². The molecule has 0 spiro atoms. The Morgan fingerprint density at radius 1 is 0.833 bits per heavy atom. The Balaban J connectivity index is 1.74. The standard InChI is InChI=1S/C22H16F6N2/c1-13-10-16-11-15(20(21(23,24)25)22(26,27)28)7-9-19(16)30(13)12-17-8-6-14-4-2-3-5-18(14)29-17/h2-11,20H,12H2,1H3. The number of fused-ring (bicyclic) bond motifs is 2. The summed E-state index contributed by atoms with van der Waals surface area (Å²) >= 11 is 0. The molecule has 0 atom stereocenters. The molecule has 0 saturated heterocycles. The molecular formula is C22H16F6N2. The van der Waals surface area contributed by atoms with Gasteiger partial charge in [-0.1, -0.05) is 30.3 Å². The van der Waals surface area contributed by atoms with Crippen molar-refractivity contribution in [3.63, 3.8) is 0 Å². The van der Waals surface area contributed by atoms with Gasteiger partial charge in [0.15, 0.2) is 5.92 Å². The SMILES string of the molecule is Cc1cc2cc(C(C(F)(F)F)C(F)(F)F)ccc2n1Cc1ccc2ccccc2n1. The second kappa shape index (κ2) is 7.04. The third kappa shape index (κ3) is 3.74. The summed E-state index contributed by atoms with van der Waals surface area (Å²) in [4.78, 5) is 4.59. The summed E-state index contributed by atoms with van der Waals surface area (Å²) in [5, 5.41) is 1.30. The van der Waals surface area contributed by atoms with Gasteiger partial charge in [-0.25, -0.2) is 0 Å². The lowest BCUT2D eigenvalue weighted by Crippen LogP contribution is -2.34. The van der Waals surface area contributed by atoms with Crippen LogP contribution in [0.1, 0.15) is 22.9 Å². The van der Waals surface area contributed by atoms with Crippen LogP contribution in [0.4, 0.5) is 26.3 Å². The Labute approximate surface area is 167 Å². The summed E-state index contributed by atoms with van der Waals surface area (Å²) in [6.07, 6.45) is -10.8. The van der Waals surface area contributed by atoms with Crippen LogP contribution in [-0.2, 0) is 6.54 Å². The molecule has 0 bridgehead atoms. The molecule has 2 aromatic heterocycles. The van der Waals surface area contributed by atoms with Crippen molar-refractivity contribution in [1.29, 1.82) is 0 Å². The van der Waals surface area contributed by atoms with Gasteiger partial charge in [-0.2, -0.15) is 26.3 Å². The van der Waals surface area contributed by atoms with Crippen molar-refractivity contribution >= 4 is 21.8 Å². The van der Waals surface area contributed by atoms with Crippen molar-refractivity contribution in [2.24, 2.45) is 0 Å². The maximum atomic E-state index is 13.1. The second-order valence-electron chi connectivity index (χ2n) is 7.20. The summed E-state index contributed by atoms with van der Waals surface area (Å²) in [5.41, 5.74) is 2.00. The van der Waals surface area contributed by atoms with E-state index in [9.17, 15) is 26.3 Å². The molecule has 2 aromatic carbocycles. The fraction of sp³-hybridized carbons (Fsp3) is 0.227. The zero-order chi connectivity index (χ0) is 21.7. The Morgan fingerprint density at radius 3 is 2.23 bits per heavy atom. The molecule has 156 valence electrons. The van der Waals surface area contributed by atoms with Gasteiger partial charge in [-0.15, -0.1) is 0 Å². The van der Waals surface area contributed by atoms with E-state index in [-0.39, 0.29) is 0 Å². The minimum Gasteiger partial charge on any atom is -0.339 e. The van der Waals surface area contributed by atoms with Crippen molar-refractivity contribution in [2.75, 3.05) is 0 Å². The van der Waals surface area contributed by atoms with Gasteiger partial charge in [0.2, 0.25) is 0 Å². The Bertz CT molecular complexity index is 1210. The summed E-state index contributed by atoms with van der Waals surface area (Å²) < 4.78 is 80.2. The Kier molecular flexibility index (Phi) is 4.75.